The number of nitrogens with zero attached hydrogens (tertiary/aromatic N) is 1. The average Bonchev–Trinajstić information content (AvgIpc) is 2.72. The molecule has 2 amide bonds. The van der Waals surface area contributed by atoms with Gasteiger partial charge in [0.15, 0.2) is 0 Å². The van der Waals surface area contributed by atoms with E-state index in [0.29, 0.717) is 12.5 Å². The number of urea groups is 1. The fourth-order valence-electron chi connectivity index (χ4n) is 2.71. The molecule has 0 aromatic heterocycles. The quantitative estimate of drug-likeness (QED) is 0.775. The summed E-state index contributed by atoms with van der Waals surface area (Å²) < 4.78 is 5.31. The summed E-state index contributed by atoms with van der Waals surface area (Å²) in [7, 11) is 0. The minimum absolute atomic E-state index is 0.00603. The van der Waals surface area contributed by atoms with Gasteiger partial charge in [0.05, 0.1) is 12.5 Å². The van der Waals surface area contributed by atoms with E-state index >= 15 is 0 Å². The number of amides is 2. The Bertz CT molecular complexity index is 328. The summed E-state index contributed by atoms with van der Waals surface area (Å²) in [6.45, 7) is 3.89. The molecule has 2 unspecified atom stereocenters. The van der Waals surface area contributed by atoms with Crippen LogP contribution in [0.15, 0.2) is 0 Å². The number of rotatable bonds is 4. The van der Waals surface area contributed by atoms with Crippen molar-refractivity contribution in [1.82, 2.24) is 10.2 Å². The molecule has 102 valence electrons. The number of carboxylic acid groups (broad SMARTS) is 1. The average molecular weight is 256 g/mol. The van der Waals surface area contributed by atoms with Crippen molar-refractivity contribution < 1.29 is 19.4 Å². The lowest BCUT2D eigenvalue weighted by molar-refractivity contribution is -0.137. The largest absolute Gasteiger partial charge is 0.481 e. The van der Waals surface area contributed by atoms with Crippen molar-refractivity contribution in [1.29, 1.82) is 0 Å². The van der Waals surface area contributed by atoms with E-state index in [-0.39, 0.29) is 24.5 Å². The third-order valence-corrected chi connectivity index (χ3v) is 3.80. The monoisotopic (exact) mass is 256 g/mol. The molecule has 0 radical (unpaired) electrons. The molecule has 2 heterocycles. The Balaban J connectivity index is 1.91. The molecule has 2 fully saturated rings. The molecule has 2 aliphatic rings. The SMILES string of the molecule is CC(CC(=O)O)N1CC(C2CCOCC2)NC1=O. The van der Waals surface area contributed by atoms with Crippen LogP contribution >= 0.6 is 0 Å². The number of hydrogen-bond acceptors (Lipinski definition) is 3. The van der Waals surface area contributed by atoms with Crippen molar-refractivity contribution in [2.24, 2.45) is 5.92 Å². The van der Waals surface area contributed by atoms with Crippen LogP contribution in [0.2, 0.25) is 0 Å². The number of hydrogen-bond donors (Lipinski definition) is 2. The van der Waals surface area contributed by atoms with Crippen molar-refractivity contribution in [2.45, 2.75) is 38.3 Å². The molecule has 0 spiro atoms. The lowest BCUT2D eigenvalue weighted by Crippen LogP contribution is -2.37. The van der Waals surface area contributed by atoms with Gasteiger partial charge in [0.2, 0.25) is 0 Å². The fourth-order valence-corrected chi connectivity index (χ4v) is 2.71. The van der Waals surface area contributed by atoms with E-state index in [1.165, 1.54) is 0 Å². The Morgan fingerprint density at radius 3 is 2.83 bits per heavy atom. The summed E-state index contributed by atoms with van der Waals surface area (Å²) in [5, 5.41) is 11.7. The lowest BCUT2D eigenvalue weighted by Gasteiger charge is -2.27. The van der Waals surface area contributed by atoms with Crippen molar-refractivity contribution >= 4 is 12.0 Å². The Hall–Kier alpha value is -1.30. The van der Waals surface area contributed by atoms with Crippen molar-refractivity contribution in [3.05, 3.63) is 0 Å². The van der Waals surface area contributed by atoms with Crippen molar-refractivity contribution in [3.8, 4) is 0 Å². The van der Waals surface area contributed by atoms with Gasteiger partial charge in [-0.1, -0.05) is 0 Å². The van der Waals surface area contributed by atoms with Gasteiger partial charge in [-0.3, -0.25) is 4.79 Å². The lowest BCUT2D eigenvalue weighted by atomic mass is 9.92. The van der Waals surface area contributed by atoms with Crippen molar-refractivity contribution in [2.75, 3.05) is 19.8 Å². The summed E-state index contributed by atoms with van der Waals surface area (Å²) in [5.41, 5.74) is 0. The fraction of sp³-hybridized carbons (Fsp3) is 0.833. The Kier molecular flexibility index (Phi) is 4.06. The highest BCUT2D eigenvalue weighted by Crippen LogP contribution is 2.24. The van der Waals surface area contributed by atoms with Crippen LogP contribution < -0.4 is 5.32 Å². The zero-order chi connectivity index (χ0) is 13.1. The van der Waals surface area contributed by atoms with Crippen LogP contribution in [0.5, 0.6) is 0 Å². The van der Waals surface area contributed by atoms with E-state index in [1.807, 2.05) is 0 Å². The van der Waals surface area contributed by atoms with Crippen LogP contribution in [0, 0.1) is 5.92 Å². The third kappa shape index (κ3) is 2.93. The number of nitrogens with one attached hydrogen (secondary N) is 1. The predicted octanol–water partition coefficient (Wildman–Crippen LogP) is 0.670. The Morgan fingerprint density at radius 2 is 2.22 bits per heavy atom. The minimum atomic E-state index is -0.871. The van der Waals surface area contributed by atoms with Gasteiger partial charge in [0.1, 0.15) is 0 Å². The second-order valence-corrected chi connectivity index (χ2v) is 5.11. The molecule has 6 nitrogen and oxygen atoms in total. The number of carbonyl (C=O) groups is 2. The molecule has 0 bridgehead atoms. The van der Waals surface area contributed by atoms with E-state index < -0.39 is 5.97 Å². The van der Waals surface area contributed by atoms with Crippen LogP contribution in [0.4, 0.5) is 4.79 Å². The van der Waals surface area contributed by atoms with Gasteiger partial charge in [-0.25, -0.2) is 4.79 Å². The maximum atomic E-state index is 11.8. The number of aliphatic carboxylic acids is 1. The molecular weight excluding hydrogens is 236 g/mol. The highest BCUT2D eigenvalue weighted by molar-refractivity contribution is 5.78. The molecule has 2 aliphatic heterocycles. The second-order valence-electron chi connectivity index (χ2n) is 5.11. The zero-order valence-electron chi connectivity index (χ0n) is 10.6. The first-order valence-corrected chi connectivity index (χ1v) is 6.44. The molecule has 2 N–H and O–H groups in total. The maximum absolute atomic E-state index is 11.8. The first kappa shape index (κ1) is 13.1. The first-order chi connectivity index (χ1) is 8.58. The number of carbonyl (C=O) groups excluding carboxylic acids is 1. The van der Waals surface area contributed by atoms with Crippen LogP contribution in [0.25, 0.3) is 0 Å². The summed E-state index contributed by atoms with van der Waals surface area (Å²) in [4.78, 5) is 24.2. The van der Waals surface area contributed by atoms with Crippen molar-refractivity contribution in [3.63, 3.8) is 0 Å². The van der Waals surface area contributed by atoms with E-state index in [9.17, 15) is 9.59 Å². The van der Waals surface area contributed by atoms with Gasteiger partial charge < -0.3 is 20.1 Å². The highest BCUT2D eigenvalue weighted by Gasteiger charge is 2.37. The van der Waals surface area contributed by atoms with Gasteiger partial charge in [0, 0.05) is 25.8 Å². The number of ether oxygens (including phenoxy) is 1. The molecule has 0 aromatic carbocycles. The molecule has 2 rings (SSSR count). The van der Waals surface area contributed by atoms with Crippen LogP contribution in [-0.2, 0) is 9.53 Å². The molecule has 2 atom stereocenters. The summed E-state index contributed by atoms with van der Waals surface area (Å²) >= 11 is 0. The smallest absolute Gasteiger partial charge is 0.318 e. The van der Waals surface area contributed by atoms with Gasteiger partial charge >= 0.3 is 12.0 Å². The van der Waals surface area contributed by atoms with Crippen LogP contribution in [0.1, 0.15) is 26.2 Å². The summed E-state index contributed by atoms with van der Waals surface area (Å²) in [5.74, 6) is -0.422. The molecule has 0 saturated carbocycles. The standard InChI is InChI=1S/C12H20N2O4/c1-8(6-11(15)16)14-7-10(13-12(14)17)9-2-4-18-5-3-9/h8-10H,2-7H2,1H3,(H,13,17)(H,15,16). The molecular formula is C12H20N2O4. The maximum Gasteiger partial charge on any atom is 0.318 e. The molecule has 2 saturated heterocycles. The minimum Gasteiger partial charge on any atom is -0.481 e. The molecule has 18 heavy (non-hydrogen) atoms. The van der Waals surface area contributed by atoms with Gasteiger partial charge in [-0.15, -0.1) is 0 Å². The third-order valence-electron chi connectivity index (χ3n) is 3.80. The van der Waals surface area contributed by atoms with Gasteiger partial charge in [-0.05, 0) is 25.7 Å². The molecule has 6 heteroatoms. The first-order valence-electron chi connectivity index (χ1n) is 6.44. The van der Waals surface area contributed by atoms with E-state index in [4.69, 9.17) is 9.84 Å². The van der Waals surface area contributed by atoms with Crippen LogP contribution in [-0.4, -0.2) is 53.8 Å². The predicted molar refractivity (Wildman–Crippen MR) is 64.3 cm³/mol. The van der Waals surface area contributed by atoms with Crippen LogP contribution in [0.3, 0.4) is 0 Å². The van der Waals surface area contributed by atoms with E-state index in [2.05, 4.69) is 5.32 Å². The van der Waals surface area contributed by atoms with E-state index in [0.717, 1.165) is 26.1 Å². The number of carboxylic acids is 1. The Morgan fingerprint density at radius 1 is 1.56 bits per heavy atom. The normalized spacial score (nSPS) is 27.1. The highest BCUT2D eigenvalue weighted by atomic mass is 16.5. The van der Waals surface area contributed by atoms with E-state index in [1.54, 1.807) is 11.8 Å². The summed E-state index contributed by atoms with van der Waals surface area (Å²) in [6, 6.07) is -0.259. The van der Waals surface area contributed by atoms with Gasteiger partial charge in [0.25, 0.3) is 0 Å². The van der Waals surface area contributed by atoms with Gasteiger partial charge in [-0.2, -0.15) is 0 Å². The molecule has 0 aliphatic carbocycles. The Labute approximate surface area is 106 Å². The zero-order valence-corrected chi connectivity index (χ0v) is 10.6. The summed E-state index contributed by atoms with van der Waals surface area (Å²) in [6.07, 6.45) is 1.92. The molecule has 0 aromatic rings. The topological polar surface area (TPSA) is 78.9 Å². The second kappa shape index (κ2) is 5.56.